The number of benzene rings is 2. The lowest BCUT2D eigenvalue weighted by atomic mass is 9.87. The number of hydrogen-bond donors (Lipinski definition) is 0. The number of rotatable bonds is 10. The van der Waals surface area contributed by atoms with Crippen LogP contribution in [0.25, 0.3) is 0 Å². The summed E-state index contributed by atoms with van der Waals surface area (Å²) in [6, 6.07) is 16.4. The second-order valence-electron chi connectivity index (χ2n) is 7.52. The summed E-state index contributed by atoms with van der Waals surface area (Å²) in [5, 5.41) is 0. The normalized spacial score (nSPS) is 11.5. The molecule has 2 aromatic carbocycles. The zero-order valence-electron chi connectivity index (χ0n) is 18.8. The average Bonchev–Trinajstić information content (AvgIpc) is 2.73. The number of hydrogen-bond acceptors (Lipinski definition) is 1. The van der Waals surface area contributed by atoms with Gasteiger partial charge in [0, 0.05) is 0 Å². The van der Waals surface area contributed by atoms with Gasteiger partial charge in [0.2, 0.25) is 0 Å². The zero-order chi connectivity index (χ0) is 20.8. The summed E-state index contributed by atoms with van der Waals surface area (Å²) in [4.78, 5) is 8.81. The van der Waals surface area contributed by atoms with E-state index in [0.717, 1.165) is 31.5 Å². The Bertz CT molecular complexity index is 686. The van der Waals surface area contributed by atoms with Crippen LogP contribution in [-0.4, -0.2) is 6.29 Å². The molecule has 0 radical (unpaired) electrons. The quantitative estimate of drug-likeness (QED) is 0.390. The Morgan fingerprint density at radius 1 is 0.821 bits per heavy atom. The molecule has 1 unspecified atom stereocenters. The molecule has 0 fully saturated rings. The molecule has 0 saturated heterocycles. The molecule has 1 heteroatoms. The van der Waals surface area contributed by atoms with Gasteiger partial charge in [0.1, 0.15) is 6.29 Å². The third-order valence-corrected chi connectivity index (χ3v) is 5.53. The maximum absolute atomic E-state index is 8.81. The van der Waals surface area contributed by atoms with E-state index >= 15 is 0 Å². The molecule has 1 nitrogen and oxygen atoms in total. The van der Waals surface area contributed by atoms with Crippen molar-refractivity contribution in [1.82, 2.24) is 0 Å². The van der Waals surface area contributed by atoms with Crippen molar-refractivity contribution in [1.29, 1.82) is 0 Å². The van der Waals surface area contributed by atoms with Gasteiger partial charge < -0.3 is 4.79 Å². The van der Waals surface area contributed by atoms with Crippen molar-refractivity contribution in [3.63, 3.8) is 0 Å². The Morgan fingerprint density at radius 2 is 1.50 bits per heavy atom. The van der Waals surface area contributed by atoms with Crippen LogP contribution in [0.2, 0.25) is 0 Å². The van der Waals surface area contributed by atoms with Gasteiger partial charge in [-0.2, -0.15) is 0 Å². The molecule has 0 N–H and O–H groups in total. The van der Waals surface area contributed by atoms with E-state index in [9.17, 15) is 0 Å². The summed E-state index contributed by atoms with van der Waals surface area (Å²) in [5.74, 6) is 0.718. The second-order valence-corrected chi connectivity index (χ2v) is 7.52. The molecule has 0 aliphatic heterocycles. The highest BCUT2D eigenvalue weighted by Gasteiger charge is 2.12. The van der Waals surface area contributed by atoms with Gasteiger partial charge in [0.15, 0.2) is 0 Å². The van der Waals surface area contributed by atoms with Gasteiger partial charge in [-0.1, -0.05) is 76.6 Å². The van der Waals surface area contributed by atoms with Crippen molar-refractivity contribution in [3.05, 3.63) is 70.3 Å². The van der Waals surface area contributed by atoms with E-state index in [-0.39, 0.29) is 0 Å². The first-order chi connectivity index (χ1) is 13.6. The van der Waals surface area contributed by atoms with Crippen molar-refractivity contribution < 1.29 is 4.79 Å². The minimum absolute atomic E-state index is 0.718. The molecule has 0 amide bonds. The van der Waals surface area contributed by atoms with Crippen LogP contribution in [0.5, 0.6) is 0 Å². The summed E-state index contributed by atoms with van der Waals surface area (Å²) in [6.07, 6.45) is 10.6. The molecule has 2 aromatic rings. The summed E-state index contributed by atoms with van der Waals surface area (Å²) in [7, 11) is 0. The fourth-order valence-corrected chi connectivity index (χ4v) is 3.91. The maximum Gasteiger partial charge on any atom is 0.116 e. The Kier molecular flexibility index (Phi) is 12.2. The van der Waals surface area contributed by atoms with E-state index in [1.54, 1.807) is 11.1 Å². The lowest BCUT2D eigenvalue weighted by Crippen LogP contribution is -2.02. The maximum atomic E-state index is 8.81. The van der Waals surface area contributed by atoms with Crippen molar-refractivity contribution in [2.75, 3.05) is 0 Å². The molecule has 0 spiro atoms. The molecule has 0 saturated carbocycles. The number of carbonyl (C=O) groups excluding carboxylic acids is 1. The van der Waals surface area contributed by atoms with Crippen molar-refractivity contribution >= 4 is 6.29 Å². The van der Waals surface area contributed by atoms with Crippen LogP contribution in [0.1, 0.15) is 94.0 Å². The third-order valence-electron chi connectivity index (χ3n) is 5.53. The number of aldehydes is 1. The molecular weight excluding hydrogens is 340 g/mol. The van der Waals surface area contributed by atoms with E-state index in [4.69, 9.17) is 4.79 Å². The first-order valence-corrected chi connectivity index (χ1v) is 11.2. The van der Waals surface area contributed by atoms with Gasteiger partial charge in [-0.15, -0.1) is 0 Å². The topological polar surface area (TPSA) is 17.1 Å². The minimum atomic E-state index is 0.718. The van der Waals surface area contributed by atoms with Crippen molar-refractivity contribution in [3.8, 4) is 0 Å². The summed E-state index contributed by atoms with van der Waals surface area (Å²) in [5.41, 5.74) is 7.63. The first-order valence-electron chi connectivity index (χ1n) is 11.2. The molecule has 0 aliphatic carbocycles. The predicted molar refractivity (Wildman–Crippen MR) is 123 cm³/mol. The molecule has 2 rings (SSSR count). The van der Waals surface area contributed by atoms with Crippen LogP contribution in [0.15, 0.2) is 42.5 Å². The predicted octanol–water partition coefficient (Wildman–Crippen LogP) is 7.49. The van der Waals surface area contributed by atoms with Crippen LogP contribution >= 0.6 is 0 Å². The highest BCUT2D eigenvalue weighted by molar-refractivity contribution is 5.44. The molecule has 1 atom stereocenters. The number of aryl methyl sites for hydroxylation is 4. The Hall–Kier alpha value is -1.89. The molecule has 28 heavy (non-hydrogen) atoms. The summed E-state index contributed by atoms with van der Waals surface area (Å²) < 4.78 is 0. The van der Waals surface area contributed by atoms with Gasteiger partial charge in [-0.05, 0) is 85.6 Å². The fourth-order valence-electron chi connectivity index (χ4n) is 3.91. The molecular formula is C27H40O. The first kappa shape index (κ1) is 24.1. The smallest absolute Gasteiger partial charge is 0.116 e. The van der Waals surface area contributed by atoms with Gasteiger partial charge in [0.25, 0.3) is 0 Å². The minimum Gasteiger partial charge on any atom is -0.304 e. The average molecular weight is 381 g/mol. The van der Waals surface area contributed by atoms with Crippen LogP contribution in [0.4, 0.5) is 0 Å². The highest BCUT2D eigenvalue weighted by Crippen LogP contribution is 2.28. The lowest BCUT2D eigenvalue weighted by Gasteiger charge is -2.18. The zero-order valence-corrected chi connectivity index (χ0v) is 18.8. The SMILES string of the molecule is CC=O.CCCC(CCCc1cc(CC)ccc1CC)c1cccc(CC)c1. The van der Waals surface area contributed by atoms with Crippen LogP contribution < -0.4 is 0 Å². The molecule has 0 heterocycles. The molecule has 0 aliphatic rings. The Labute approximate surface area is 173 Å². The standard InChI is InChI=1S/C25H36.C2H4O/c1-5-11-23(25-14-9-12-20(6-2)18-25)13-10-15-24-19-21(7-3)16-17-22(24)8-4;1-2-3/h9,12,14,16-19,23H,5-8,10-11,13,15H2,1-4H3;2H,1H3. The van der Waals surface area contributed by atoms with Crippen LogP contribution in [0, 0.1) is 0 Å². The van der Waals surface area contributed by atoms with E-state index < -0.39 is 0 Å². The van der Waals surface area contributed by atoms with Gasteiger partial charge in [-0.25, -0.2) is 0 Å². The van der Waals surface area contributed by atoms with Crippen molar-refractivity contribution in [2.24, 2.45) is 0 Å². The fraction of sp³-hybridized carbons (Fsp3) is 0.519. The second kappa shape index (κ2) is 14.2. The molecule has 154 valence electrons. The number of carbonyl (C=O) groups is 1. The Balaban J connectivity index is 0.00000122. The Morgan fingerprint density at radius 3 is 2.11 bits per heavy atom. The summed E-state index contributed by atoms with van der Waals surface area (Å²) >= 11 is 0. The summed E-state index contributed by atoms with van der Waals surface area (Å²) in [6.45, 7) is 10.5. The molecule has 0 bridgehead atoms. The van der Waals surface area contributed by atoms with Gasteiger partial charge in [-0.3, -0.25) is 0 Å². The van der Waals surface area contributed by atoms with E-state index in [0.29, 0.717) is 0 Å². The monoisotopic (exact) mass is 380 g/mol. The highest BCUT2D eigenvalue weighted by atomic mass is 16.1. The van der Waals surface area contributed by atoms with E-state index in [2.05, 4.69) is 70.2 Å². The van der Waals surface area contributed by atoms with E-state index in [1.807, 2.05) is 0 Å². The van der Waals surface area contributed by atoms with Crippen LogP contribution in [0.3, 0.4) is 0 Å². The van der Waals surface area contributed by atoms with Gasteiger partial charge in [0.05, 0.1) is 0 Å². The molecule has 0 aromatic heterocycles. The lowest BCUT2D eigenvalue weighted by molar-refractivity contribution is -0.106. The van der Waals surface area contributed by atoms with Gasteiger partial charge >= 0.3 is 0 Å². The van der Waals surface area contributed by atoms with E-state index in [1.165, 1.54) is 55.7 Å². The van der Waals surface area contributed by atoms with Crippen LogP contribution in [-0.2, 0) is 30.5 Å². The largest absolute Gasteiger partial charge is 0.304 e. The van der Waals surface area contributed by atoms with Crippen molar-refractivity contribution in [2.45, 2.75) is 91.9 Å². The third kappa shape index (κ3) is 8.00.